The average Bonchev–Trinajstić information content (AvgIpc) is 2.13. The Morgan fingerprint density at radius 1 is 1.00 bits per heavy atom. The lowest BCUT2D eigenvalue weighted by molar-refractivity contribution is 0.499. The summed E-state index contributed by atoms with van der Waals surface area (Å²) in [5.41, 5.74) is 0. The summed E-state index contributed by atoms with van der Waals surface area (Å²) < 4.78 is 0. The van der Waals surface area contributed by atoms with Gasteiger partial charge in [0.15, 0.2) is 0 Å². The Kier molecular flexibility index (Phi) is 3.05. The molecule has 1 aliphatic rings. The SMILES string of the molecule is CNC1CCCCCC1. The summed E-state index contributed by atoms with van der Waals surface area (Å²) in [6.07, 6.45) is 8.58. The van der Waals surface area contributed by atoms with Crippen molar-refractivity contribution in [3.63, 3.8) is 0 Å². The zero-order valence-electron chi connectivity index (χ0n) is 6.32. The van der Waals surface area contributed by atoms with Crippen LogP contribution in [0.4, 0.5) is 0 Å². The van der Waals surface area contributed by atoms with Gasteiger partial charge in [-0.05, 0) is 19.9 Å². The predicted octanol–water partition coefficient (Wildman–Crippen LogP) is 1.93. The van der Waals surface area contributed by atoms with Crippen molar-refractivity contribution in [1.29, 1.82) is 0 Å². The Morgan fingerprint density at radius 2 is 1.56 bits per heavy atom. The van der Waals surface area contributed by atoms with Crippen molar-refractivity contribution in [2.75, 3.05) is 7.05 Å². The molecule has 0 atom stereocenters. The quantitative estimate of drug-likeness (QED) is 0.531. The lowest BCUT2D eigenvalue weighted by Crippen LogP contribution is -2.23. The Hall–Kier alpha value is -0.0400. The van der Waals surface area contributed by atoms with Crippen LogP contribution in [0.25, 0.3) is 0 Å². The molecule has 1 saturated carbocycles. The summed E-state index contributed by atoms with van der Waals surface area (Å²) in [5, 5.41) is 3.34. The summed E-state index contributed by atoms with van der Waals surface area (Å²) in [6, 6.07) is 0.826. The van der Waals surface area contributed by atoms with Gasteiger partial charge in [-0.2, -0.15) is 0 Å². The molecule has 1 nitrogen and oxygen atoms in total. The summed E-state index contributed by atoms with van der Waals surface area (Å²) >= 11 is 0. The third-order valence-corrected chi connectivity index (χ3v) is 2.26. The zero-order valence-corrected chi connectivity index (χ0v) is 6.32. The molecule has 0 heterocycles. The molecule has 0 spiro atoms. The molecular formula is C8H17N. The van der Waals surface area contributed by atoms with Gasteiger partial charge in [0.1, 0.15) is 0 Å². The highest BCUT2D eigenvalue weighted by Crippen LogP contribution is 2.16. The van der Waals surface area contributed by atoms with Gasteiger partial charge in [-0.25, -0.2) is 0 Å². The van der Waals surface area contributed by atoms with E-state index in [-0.39, 0.29) is 0 Å². The molecule has 0 aromatic heterocycles. The van der Waals surface area contributed by atoms with Crippen LogP contribution in [0.5, 0.6) is 0 Å². The average molecular weight is 127 g/mol. The largest absolute Gasteiger partial charge is 0.317 e. The van der Waals surface area contributed by atoms with Gasteiger partial charge in [-0.1, -0.05) is 25.7 Å². The second-order valence-corrected chi connectivity index (χ2v) is 2.98. The number of hydrogen-bond acceptors (Lipinski definition) is 1. The first kappa shape index (κ1) is 7.07. The lowest BCUT2D eigenvalue weighted by Gasteiger charge is -2.10. The van der Waals surface area contributed by atoms with Crippen LogP contribution in [0.1, 0.15) is 38.5 Å². The monoisotopic (exact) mass is 127 g/mol. The van der Waals surface area contributed by atoms with E-state index < -0.39 is 0 Å². The first-order chi connectivity index (χ1) is 4.43. The summed E-state index contributed by atoms with van der Waals surface area (Å²) in [5.74, 6) is 0. The smallest absolute Gasteiger partial charge is 0.00640 e. The molecule has 0 aromatic carbocycles. The number of rotatable bonds is 1. The molecule has 1 N–H and O–H groups in total. The fourth-order valence-corrected chi connectivity index (χ4v) is 1.57. The molecule has 9 heavy (non-hydrogen) atoms. The normalized spacial score (nSPS) is 23.7. The van der Waals surface area contributed by atoms with Crippen LogP contribution < -0.4 is 5.32 Å². The van der Waals surface area contributed by atoms with Crippen LogP contribution in [0.15, 0.2) is 0 Å². The molecular weight excluding hydrogens is 110 g/mol. The first-order valence-electron chi connectivity index (χ1n) is 4.11. The fourth-order valence-electron chi connectivity index (χ4n) is 1.57. The van der Waals surface area contributed by atoms with Gasteiger partial charge in [-0.15, -0.1) is 0 Å². The van der Waals surface area contributed by atoms with E-state index in [1.807, 2.05) is 0 Å². The van der Waals surface area contributed by atoms with Gasteiger partial charge in [0.05, 0.1) is 0 Å². The summed E-state index contributed by atoms with van der Waals surface area (Å²) in [4.78, 5) is 0. The number of nitrogens with one attached hydrogen (secondary N) is 1. The molecule has 0 unspecified atom stereocenters. The maximum atomic E-state index is 3.34. The van der Waals surface area contributed by atoms with Crippen molar-refractivity contribution in [2.45, 2.75) is 44.6 Å². The van der Waals surface area contributed by atoms with E-state index in [0.717, 1.165) is 6.04 Å². The van der Waals surface area contributed by atoms with Crippen molar-refractivity contribution in [3.8, 4) is 0 Å². The van der Waals surface area contributed by atoms with Crippen molar-refractivity contribution in [3.05, 3.63) is 0 Å². The zero-order chi connectivity index (χ0) is 6.53. The molecule has 1 aliphatic carbocycles. The van der Waals surface area contributed by atoms with E-state index in [9.17, 15) is 0 Å². The molecule has 0 aromatic rings. The Morgan fingerprint density at radius 3 is 2.00 bits per heavy atom. The maximum absolute atomic E-state index is 3.34. The summed E-state index contributed by atoms with van der Waals surface area (Å²) in [6.45, 7) is 0. The molecule has 1 rings (SSSR count). The molecule has 0 radical (unpaired) electrons. The van der Waals surface area contributed by atoms with E-state index >= 15 is 0 Å². The van der Waals surface area contributed by atoms with Gasteiger partial charge in [0.25, 0.3) is 0 Å². The minimum Gasteiger partial charge on any atom is -0.317 e. The first-order valence-corrected chi connectivity index (χ1v) is 4.11. The third-order valence-electron chi connectivity index (χ3n) is 2.26. The standard InChI is InChI=1S/C8H17N/c1-9-8-6-4-2-3-5-7-8/h8-9H,2-7H2,1H3. The van der Waals surface area contributed by atoms with Gasteiger partial charge >= 0.3 is 0 Å². The van der Waals surface area contributed by atoms with Gasteiger partial charge in [0, 0.05) is 6.04 Å². The molecule has 1 fully saturated rings. The molecule has 0 amide bonds. The number of hydrogen-bond donors (Lipinski definition) is 1. The molecule has 0 aliphatic heterocycles. The van der Waals surface area contributed by atoms with Gasteiger partial charge < -0.3 is 5.32 Å². The third kappa shape index (κ3) is 2.35. The Bertz CT molecular complexity index is 63.0. The van der Waals surface area contributed by atoms with E-state index in [2.05, 4.69) is 12.4 Å². The highest BCUT2D eigenvalue weighted by molar-refractivity contribution is 4.67. The van der Waals surface area contributed by atoms with Crippen molar-refractivity contribution in [1.82, 2.24) is 5.32 Å². The fraction of sp³-hybridized carbons (Fsp3) is 1.00. The second kappa shape index (κ2) is 3.89. The van der Waals surface area contributed by atoms with E-state index in [1.54, 1.807) is 0 Å². The minimum absolute atomic E-state index is 0.826. The Labute approximate surface area is 57.8 Å². The second-order valence-electron chi connectivity index (χ2n) is 2.98. The van der Waals surface area contributed by atoms with E-state index in [4.69, 9.17) is 0 Å². The topological polar surface area (TPSA) is 12.0 Å². The van der Waals surface area contributed by atoms with Crippen molar-refractivity contribution in [2.24, 2.45) is 0 Å². The predicted molar refractivity (Wildman–Crippen MR) is 40.5 cm³/mol. The molecule has 1 heteroatoms. The lowest BCUT2D eigenvalue weighted by atomic mass is 10.1. The van der Waals surface area contributed by atoms with Crippen LogP contribution >= 0.6 is 0 Å². The van der Waals surface area contributed by atoms with Crippen LogP contribution in [-0.4, -0.2) is 13.1 Å². The van der Waals surface area contributed by atoms with Crippen LogP contribution in [0.3, 0.4) is 0 Å². The molecule has 0 saturated heterocycles. The van der Waals surface area contributed by atoms with E-state index in [0.29, 0.717) is 0 Å². The minimum atomic E-state index is 0.826. The van der Waals surface area contributed by atoms with Crippen molar-refractivity contribution >= 4 is 0 Å². The Balaban J connectivity index is 2.18. The van der Waals surface area contributed by atoms with Crippen molar-refractivity contribution < 1.29 is 0 Å². The molecule has 0 bridgehead atoms. The van der Waals surface area contributed by atoms with Crippen LogP contribution in [0.2, 0.25) is 0 Å². The van der Waals surface area contributed by atoms with Gasteiger partial charge in [-0.3, -0.25) is 0 Å². The highest BCUT2D eigenvalue weighted by atomic mass is 14.9. The summed E-state index contributed by atoms with van der Waals surface area (Å²) in [7, 11) is 2.08. The van der Waals surface area contributed by atoms with Crippen LogP contribution in [0, 0.1) is 0 Å². The highest BCUT2D eigenvalue weighted by Gasteiger charge is 2.08. The van der Waals surface area contributed by atoms with E-state index in [1.165, 1.54) is 38.5 Å². The van der Waals surface area contributed by atoms with Gasteiger partial charge in [0.2, 0.25) is 0 Å². The maximum Gasteiger partial charge on any atom is 0.00640 e. The van der Waals surface area contributed by atoms with Crippen LogP contribution in [-0.2, 0) is 0 Å². The molecule has 54 valence electrons.